The number of rotatable bonds is 3. The van der Waals surface area contributed by atoms with Crippen LogP contribution in [0.5, 0.6) is 0 Å². The molecule has 0 saturated carbocycles. The molecule has 21 heavy (non-hydrogen) atoms. The van der Waals surface area contributed by atoms with Crippen LogP contribution in [0.25, 0.3) is 4.96 Å². The van der Waals surface area contributed by atoms with Crippen LogP contribution in [0.4, 0.5) is 11.5 Å². The highest BCUT2D eigenvalue weighted by Gasteiger charge is 2.25. The number of nitrogen functional groups attached to an aromatic ring is 1. The first-order valence-corrected chi connectivity index (χ1v) is 8.63. The molecular weight excluding hydrogens is 332 g/mol. The minimum absolute atomic E-state index is 0.0333. The summed E-state index contributed by atoms with van der Waals surface area (Å²) in [4.78, 5) is 4.56. The zero-order valence-electron chi connectivity index (χ0n) is 10.9. The fourth-order valence-electron chi connectivity index (χ4n) is 1.96. The van der Waals surface area contributed by atoms with Crippen molar-refractivity contribution in [3.63, 3.8) is 0 Å². The number of halogens is 1. The number of sulfonamides is 1. The average molecular weight is 343 g/mol. The van der Waals surface area contributed by atoms with E-state index in [0.717, 1.165) is 0 Å². The van der Waals surface area contributed by atoms with E-state index in [0.29, 0.717) is 21.2 Å². The Balaban J connectivity index is 2.11. The number of hydrogen-bond donors (Lipinski definition) is 2. The third kappa shape index (κ3) is 2.35. The molecule has 3 N–H and O–H groups in total. The normalized spacial score (nSPS) is 11.9. The molecule has 0 saturated heterocycles. The summed E-state index contributed by atoms with van der Waals surface area (Å²) in [6.45, 7) is 1.74. The van der Waals surface area contributed by atoms with Crippen LogP contribution in [0.3, 0.4) is 0 Å². The summed E-state index contributed by atoms with van der Waals surface area (Å²) < 4.78 is 29.1. The summed E-state index contributed by atoms with van der Waals surface area (Å²) in [5.74, 6) is -0.0333. The van der Waals surface area contributed by atoms with Crippen molar-refractivity contribution in [2.75, 3.05) is 10.5 Å². The van der Waals surface area contributed by atoms with Gasteiger partial charge < -0.3 is 5.73 Å². The Bertz CT molecular complexity index is 930. The number of nitrogens with zero attached hydrogens (tertiary/aromatic N) is 2. The van der Waals surface area contributed by atoms with Crippen LogP contribution in [-0.2, 0) is 10.0 Å². The zero-order chi connectivity index (χ0) is 15.2. The number of nitrogens with two attached hydrogens (primary N) is 1. The summed E-state index contributed by atoms with van der Waals surface area (Å²) in [7, 11) is -3.86. The third-order valence-electron chi connectivity index (χ3n) is 3.01. The Morgan fingerprint density at radius 1 is 1.43 bits per heavy atom. The predicted octanol–water partition coefficient (Wildman–Crippen LogP) is 2.74. The van der Waals surface area contributed by atoms with E-state index in [4.69, 9.17) is 17.3 Å². The molecule has 3 aromatic rings. The minimum atomic E-state index is -3.86. The van der Waals surface area contributed by atoms with E-state index in [2.05, 4.69) is 9.71 Å². The highest BCUT2D eigenvalue weighted by atomic mass is 35.5. The van der Waals surface area contributed by atoms with Crippen molar-refractivity contribution in [3.05, 3.63) is 40.4 Å². The summed E-state index contributed by atoms with van der Waals surface area (Å²) in [5, 5.41) is 2.15. The standard InChI is InChI=1S/C12H11ClN4O2S2/c1-7-8(13)3-2-4-9(7)16-21(18,19)11-10(14)15-12-17(11)5-6-20-12/h2-6,16H,14H2,1H3. The highest BCUT2D eigenvalue weighted by molar-refractivity contribution is 7.92. The van der Waals surface area contributed by atoms with Crippen LogP contribution in [-0.4, -0.2) is 17.8 Å². The first-order chi connectivity index (χ1) is 9.90. The van der Waals surface area contributed by atoms with Gasteiger partial charge in [0, 0.05) is 16.6 Å². The van der Waals surface area contributed by atoms with Gasteiger partial charge in [0.1, 0.15) is 0 Å². The maximum atomic E-state index is 12.6. The monoisotopic (exact) mass is 342 g/mol. The number of aromatic nitrogens is 2. The Hall–Kier alpha value is -1.77. The van der Waals surface area contributed by atoms with Crippen molar-refractivity contribution in [2.24, 2.45) is 0 Å². The Labute approximate surface area is 130 Å². The van der Waals surface area contributed by atoms with Crippen molar-refractivity contribution in [1.29, 1.82) is 0 Å². The van der Waals surface area contributed by atoms with Crippen LogP contribution in [0.1, 0.15) is 5.56 Å². The van der Waals surface area contributed by atoms with Gasteiger partial charge in [-0.2, -0.15) is 8.42 Å². The topological polar surface area (TPSA) is 89.5 Å². The molecule has 3 rings (SSSR count). The number of benzene rings is 1. The molecule has 110 valence electrons. The SMILES string of the molecule is Cc1c(Cl)cccc1NS(=O)(=O)c1c(N)nc2sccn12. The molecule has 0 unspecified atom stereocenters. The van der Waals surface area contributed by atoms with Gasteiger partial charge in [-0.15, -0.1) is 11.3 Å². The zero-order valence-corrected chi connectivity index (χ0v) is 13.3. The van der Waals surface area contributed by atoms with Crippen LogP contribution < -0.4 is 10.5 Å². The summed E-state index contributed by atoms with van der Waals surface area (Å²) in [6.07, 6.45) is 1.61. The average Bonchev–Trinajstić information content (AvgIpc) is 2.94. The minimum Gasteiger partial charge on any atom is -0.381 e. The predicted molar refractivity (Wildman–Crippen MR) is 84.5 cm³/mol. The van der Waals surface area contributed by atoms with Crippen molar-refractivity contribution in [2.45, 2.75) is 11.9 Å². The van der Waals surface area contributed by atoms with Gasteiger partial charge in [-0.3, -0.25) is 9.12 Å². The molecule has 0 amide bonds. The first-order valence-electron chi connectivity index (χ1n) is 5.89. The van der Waals surface area contributed by atoms with Gasteiger partial charge in [0.25, 0.3) is 10.0 Å². The fraction of sp³-hybridized carbons (Fsp3) is 0.0833. The second-order valence-corrected chi connectivity index (χ2v) is 7.25. The Morgan fingerprint density at radius 3 is 2.95 bits per heavy atom. The molecule has 0 bridgehead atoms. The number of anilines is 2. The molecule has 0 spiro atoms. The summed E-state index contributed by atoms with van der Waals surface area (Å²) in [6, 6.07) is 5.01. The van der Waals surface area contributed by atoms with Crippen molar-refractivity contribution in [1.82, 2.24) is 9.38 Å². The lowest BCUT2D eigenvalue weighted by Crippen LogP contribution is -2.17. The molecule has 2 aromatic heterocycles. The van der Waals surface area contributed by atoms with Crippen molar-refractivity contribution < 1.29 is 8.42 Å². The van der Waals surface area contributed by atoms with E-state index in [-0.39, 0.29) is 10.8 Å². The van der Waals surface area contributed by atoms with Gasteiger partial charge in [0.2, 0.25) is 5.03 Å². The molecule has 0 radical (unpaired) electrons. The van der Waals surface area contributed by atoms with Gasteiger partial charge in [-0.25, -0.2) is 4.98 Å². The Kier molecular flexibility index (Phi) is 3.31. The number of fused-ring (bicyclic) bond motifs is 1. The number of thiazole rings is 1. The van der Waals surface area contributed by atoms with Gasteiger partial charge in [-0.05, 0) is 24.6 Å². The van der Waals surface area contributed by atoms with E-state index in [1.807, 2.05) is 0 Å². The molecular formula is C12H11ClN4O2S2. The first kappa shape index (κ1) is 14.2. The lowest BCUT2D eigenvalue weighted by molar-refractivity contribution is 0.597. The maximum absolute atomic E-state index is 12.6. The fourth-order valence-corrected chi connectivity index (χ4v) is 4.25. The van der Waals surface area contributed by atoms with Gasteiger partial charge >= 0.3 is 0 Å². The van der Waals surface area contributed by atoms with E-state index < -0.39 is 10.0 Å². The van der Waals surface area contributed by atoms with E-state index in [9.17, 15) is 8.42 Å². The largest absolute Gasteiger partial charge is 0.381 e. The second-order valence-electron chi connectivity index (χ2n) is 4.38. The van der Waals surface area contributed by atoms with Gasteiger partial charge in [-0.1, -0.05) is 17.7 Å². The third-order valence-corrected chi connectivity index (χ3v) is 5.58. The molecule has 2 heterocycles. The smallest absolute Gasteiger partial charge is 0.281 e. The van der Waals surface area contributed by atoms with Crippen LogP contribution in [0.2, 0.25) is 5.02 Å². The number of nitrogens with one attached hydrogen (secondary N) is 1. The molecule has 0 aliphatic carbocycles. The molecule has 0 aliphatic heterocycles. The molecule has 9 heteroatoms. The van der Waals surface area contributed by atoms with E-state index >= 15 is 0 Å². The molecule has 1 aromatic carbocycles. The lowest BCUT2D eigenvalue weighted by Gasteiger charge is -2.11. The van der Waals surface area contributed by atoms with Gasteiger partial charge in [0.15, 0.2) is 10.8 Å². The molecule has 6 nitrogen and oxygen atoms in total. The van der Waals surface area contributed by atoms with Gasteiger partial charge in [0.05, 0.1) is 5.69 Å². The summed E-state index contributed by atoms with van der Waals surface area (Å²) in [5.41, 5.74) is 6.79. The quantitative estimate of drug-likeness (QED) is 0.765. The maximum Gasteiger partial charge on any atom is 0.281 e. The molecule has 0 atom stereocenters. The van der Waals surface area contributed by atoms with Crippen molar-refractivity contribution >= 4 is 49.4 Å². The Morgan fingerprint density at radius 2 is 2.19 bits per heavy atom. The highest BCUT2D eigenvalue weighted by Crippen LogP contribution is 2.28. The van der Waals surface area contributed by atoms with E-state index in [1.165, 1.54) is 15.7 Å². The lowest BCUT2D eigenvalue weighted by atomic mass is 10.2. The summed E-state index contributed by atoms with van der Waals surface area (Å²) >= 11 is 7.31. The number of imidazole rings is 1. The van der Waals surface area contributed by atoms with Crippen LogP contribution in [0.15, 0.2) is 34.8 Å². The van der Waals surface area contributed by atoms with Crippen LogP contribution >= 0.6 is 22.9 Å². The second kappa shape index (κ2) is 4.90. The van der Waals surface area contributed by atoms with E-state index in [1.54, 1.807) is 36.7 Å². The molecule has 0 aliphatic rings. The van der Waals surface area contributed by atoms with Crippen molar-refractivity contribution in [3.8, 4) is 0 Å². The number of hydrogen-bond acceptors (Lipinski definition) is 5. The molecule has 0 fully saturated rings. The van der Waals surface area contributed by atoms with Crippen LogP contribution in [0, 0.1) is 6.92 Å².